The summed E-state index contributed by atoms with van der Waals surface area (Å²) in [6, 6.07) is 13.2. The second-order valence-corrected chi connectivity index (χ2v) is 9.91. The van der Waals surface area contributed by atoms with Crippen LogP contribution in [0.4, 0.5) is 0 Å². The number of unbranched alkanes of at least 4 members (excludes halogenated alkanes) is 5. The molecule has 0 amide bonds. The highest BCUT2D eigenvalue weighted by Crippen LogP contribution is 2.34. The molecule has 0 spiro atoms. The minimum Gasteiger partial charge on any atom is -0.492 e. The van der Waals surface area contributed by atoms with Crippen molar-refractivity contribution in [2.75, 3.05) is 6.61 Å². The summed E-state index contributed by atoms with van der Waals surface area (Å²) in [5.74, 6) is 2.83. The Bertz CT molecular complexity index is 728. The zero-order valence-corrected chi connectivity index (χ0v) is 20.7. The molecule has 32 heavy (non-hydrogen) atoms. The zero-order chi connectivity index (χ0) is 22.4. The van der Waals surface area contributed by atoms with Crippen LogP contribution in [0.15, 0.2) is 42.6 Å². The number of aromatic nitrogens is 1. The summed E-state index contributed by atoms with van der Waals surface area (Å²) in [4.78, 5) is 4.63. The summed E-state index contributed by atoms with van der Waals surface area (Å²) in [6.07, 6.45) is 20.8. The van der Waals surface area contributed by atoms with E-state index in [4.69, 9.17) is 4.74 Å². The van der Waals surface area contributed by atoms with Gasteiger partial charge in [0, 0.05) is 5.56 Å². The zero-order valence-electron chi connectivity index (χ0n) is 20.7. The maximum Gasteiger partial charge on any atom is 0.137 e. The smallest absolute Gasteiger partial charge is 0.137 e. The SMILES string of the molecule is CCCCCCCOc1ccc(-c2ccc(CCC3CCC(CCCC)CC3)cc2)nc1. The summed E-state index contributed by atoms with van der Waals surface area (Å²) in [5, 5.41) is 0. The molecule has 2 nitrogen and oxygen atoms in total. The van der Waals surface area contributed by atoms with Crippen LogP contribution in [0.5, 0.6) is 5.75 Å². The predicted molar refractivity (Wildman–Crippen MR) is 137 cm³/mol. The highest BCUT2D eigenvalue weighted by molar-refractivity contribution is 5.59. The molecule has 0 radical (unpaired) electrons. The monoisotopic (exact) mass is 435 g/mol. The lowest BCUT2D eigenvalue weighted by molar-refractivity contribution is 0.250. The van der Waals surface area contributed by atoms with Crippen LogP contribution >= 0.6 is 0 Å². The van der Waals surface area contributed by atoms with Crippen molar-refractivity contribution in [1.82, 2.24) is 4.98 Å². The summed E-state index contributed by atoms with van der Waals surface area (Å²) in [7, 11) is 0. The van der Waals surface area contributed by atoms with Crippen LogP contribution in [-0.2, 0) is 6.42 Å². The highest BCUT2D eigenvalue weighted by atomic mass is 16.5. The third-order valence-corrected chi connectivity index (χ3v) is 7.28. The number of nitrogens with zero attached hydrogens (tertiary/aromatic N) is 1. The summed E-state index contributed by atoms with van der Waals surface area (Å²) in [5.41, 5.74) is 3.68. The van der Waals surface area contributed by atoms with Gasteiger partial charge in [-0.1, -0.05) is 109 Å². The molecule has 1 heterocycles. The summed E-state index contributed by atoms with van der Waals surface area (Å²) >= 11 is 0. The van der Waals surface area contributed by atoms with Crippen molar-refractivity contribution in [3.63, 3.8) is 0 Å². The standard InChI is InChI=1S/C30H45NO/c1-3-5-7-8-9-23-32-29-21-22-30(31-24-29)28-19-17-27(18-20-28)16-15-26-13-11-25(12-14-26)10-6-4-2/h17-22,24-26H,3-16,23H2,1-2H3. The molecule has 0 saturated heterocycles. The van der Waals surface area contributed by atoms with Crippen LogP contribution < -0.4 is 4.74 Å². The topological polar surface area (TPSA) is 22.1 Å². The fourth-order valence-corrected chi connectivity index (χ4v) is 5.05. The average molecular weight is 436 g/mol. The molecule has 0 aliphatic heterocycles. The summed E-state index contributed by atoms with van der Waals surface area (Å²) in [6.45, 7) is 5.35. The van der Waals surface area contributed by atoms with Gasteiger partial charge in [0.15, 0.2) is 0 Å². The predicted octanol–water partition coefficient (Wildman–Crippen LogP) is 9.03. The number of aryl methyl sites for hydroxylation is 1. The van der Waals surface area contributed by atoms with Crippen molar-refractivity contribution in [2.24, 2.45) is 11.8 Å². The van der Waals surface area contributed by atoms with Crippen molar-refractivity contribution in [3.8, 4) is 17.0 Å². The molecule has 1 aliphatic rings. The van der Waals surface area contributed by atoms with Crippen LogP contribution in [0.1, 0.15) is 103 Å². The molecule has 1 fully saturated rings. The van der Waals surface area contributed by atoms with Gasteiger partial charge >= 0.3 is 0 Å². The van der Waals surface area contributed by atoms with Gasteiger partial charge in [-0.15, -0.1) is 0 Å². The lowest BCUT2D eigenvalue weighted by atomic mass is 9.78. The first-order chi connectivity index (χ1) is 15.8. The first-order valence-corrected chi connectivity index (χ1v) is 13.5. The second kappa shape index (κ2) is 14.3. The average Bonchev–Trinajstić information content (AvgIpc) is 2.85. The Kier molecular flexibility index (Phi) is 11.1. The molecular formula is C30H45NO. The Labute approximate surface area is 197 Å². The Balaban J connectivity index is 1.38. The number of benzene rings is 1. The van der Waals surface area contributed by atoms with Gasteiger partial charge in [-0.2, -0.15) is 0 Å². The lowest BCUT2D eigenvalue weighted by Gasteiger charge is -2.28. The Morgan fingerprint density at radius 2 is 1.44 bits per heavy atom. The third kappa shape index (κ3) is 8.60. The molecule has 1 aromatic heterocycles. The molecule has 1 aliphatic carbocycles. The van der Waals surface area contributed by atoms with Gasteiger partial charge in [0.1, 0.15) is 5.75 Å². The van der Waals surface area contributed by atoms with Crippen molar-refractivity contribution in [1.29, 1.82) is 0 Å². The van der Waals surface area contributed by atoms with E-state index in [0.717, 1.165) is 36.3 Å². The van der Waals surface area contributed by atoms with Gasteiger partial charge in [-0.25, -0.2) is 0 Å². The summed E-state index contributed by atoms with van der Waals surface area (Å²) < 4.78 is 5.85. The number of ether oxygens (including phenoxy) is 1. The quantitative estimate of drug-likeness (QED) is 0.276. The molecule has 2 heteroatoms. The molecule has 0 atom stereocenters. The Morgan fingerprint density at radius 3 is 2.09 bits per heavy atom. The van der Waals surface area contributed by atoms with E-state index in [9.17, 15) is 0 Å². The molecule has 1 saturated carbocycles. The van der Waals surface area contributed by atoms with E-state index < -0.39 is 0 Å². The molecule has 176 valence electrons. The fraction of sp³-hybridized carbons (Fsp3) is 0.633. The first-order valence-electron chi connectivity index (χ1n) is 13.5. The normalized spacial score (nSPS) is 18.6. The van der Waals surface area contributed by atoms with Gasteiger partial charge in [-0.3, -0.25) is 4.98 Å². The van der Waals surface area contributed by atoms with Gasteiger partial charge in [0.25, 0.3) is 0 Å². The number of hydrogen-bond acceptors (Lipinski definition) is 2. The van der Waals surface area contributed by atoms with E-state index >= 15 is 0 Å². The number of rotatable bonds is 14. The molecule has 0 unspecified atom stereocenters. The van der Waals surface area contributed by atoms with Gasteiger partial charge in [0.2, 0.25) is 0 Å². The van der Waals surface area contributed by atoms with Gasteiger partial charge in [-0.05, 0) is 48.8 Å². The first kappa shape index (κ1) is 24.8. The maximum atomic E-state index is 5.85. The van der Waals surface area contributed by atoms with Crippen molar-refractivity contribution in [3.05, 3.63) is 48.2 Å². The van der Waals surface area contributed by atoms with Gasteiger partial charge < -0.3 is 4.74 Å². The van der Waals surface area contributed by atoms with Crippen molar-refractivity contribution >= 4 is 0 Å². The van der Waals surface area contributed by atoms with E-state index in [-0.39, 0.29) is 0 Å². The van der Waals surface area contributed by atoms with Crippen LogP contribution in [-0.4, -0.2) is 11.6 Å². The van der Waals surface area contributed by atoms with E-state index in [1.165, 1.54) is 94.6 Å². The largest absolute Gasteiger partial charge is 0.492 e. The van der Waals surface area contributed by atoms with Crippen LogP contribution in [0.3, 0.4) is 0 Å². The van der Waals surface area contributed by atoms with Crippen LogP contribution in [0.2, 0.25) is 0 Å². The molecule has 2 aromatic rings. The van der Waals surface area contributed by atoms with E-state index in [0.29, 0.717) is 0 Å². The maximum absolute atomic E-state index is 5.85. The van der Waals surface area contributed by atoms with E-state index in [1.807, 2.05) is 6.20 Å². The van der Waals surface area contributed by atoms with Gasteiger partial charge in [0.05, 0.1) is 18.5 Å². The Hall–Kier alpha value is -1.83. The van der Waals surface area contributed by atoms with Crippen LogP contribution in [0, 0.1) is 11.8 Å². The van der Waals surface area contributed by atoms with Crippen molar-refractivity contribution < 1.29 is 4.74 Å². The molecule has 0 N–H and O–H groups in total. The molecule has 1 aromatic carbocycles. The Morgan fingerprint density at radius 1 is 0.750 bits per heavy atom. The highest BCUT2D eigenvalue weighted by Gasteiger charge is 2.20. The third-order valence-electron chi connectivity index (χ3n) is 7.28. The minimum atomic E-state index is 0.791. The van der Waals surface area contributed by atoms with E-state index in [2.05, 4.69) is 55.2 Å². The lowest BCUT2D eigenvalue weighted by Crippen LogP contribution is -2.15. The fourth-order valence-electron chi connectivity index (χ4n) is 5.05. The molecular weight excluding hydrogens is 390 g/mol. The van der Waals surface area contributed by atoms with Crippen molar-refractivity contribution in [2.45, 2.75) is 104 Å². The molecule has 0 bridgehead atoms. The van der Waals surface area contributed by atoms with Crippen LogP contribution in [0.25, 0.3) is 11.3 Å². The molecule has 3 rings (SSSR count). The minimum absolute atomic E-state index is 0.791. The second-order valence-electron chi connectivity index (χ2n) is 9.91. The number of pyridine rings is 1. The van der Waals surface area contributed by atoms with E-state index in [1.54, 1.807) is 0 Å². The number of hydrogen-bond donors (Lipinski definition) is 0.